The van der Waals surface area contributed by atoms with E-state index in [9.17, 15) is 4.79 Å². The van der Waals surface area contributed by atoms with Crippen molar-refractivity contribution in [3.63, 3.8) is 0 Å². The third-order valence-electron chi connectivity index (χ3n) is 2.91. The maximum atomic E-state index is 11.1. The van der Waals surface area contributed by atoms with E-state index in [-0.39, 0.29) is 5.97 Å². The molecule has 0 radical (unpaired) electrons. The average Bonchev–Trinajstić information content (AvgIpc) is 2.51. The predicted molar refractivity (Wildman–Crippen MR) is 56.9 cm³/mol. The van der Waals surface area contributed by atoms with Gasteiger partial charge in [0.15, 0.2) is 0 Å². The number of hydrogen-bond acceptors (Lipinski definition) is 2. The molecule has 0 bridgehead atoms. The number of ether oxygens (including phenoxy) is 1. The largest absolute Gasteiger partial charge is 0.462 e. The normalized spacial score (nSPS) is 26.1. The SMILES string of the molecule is C=C(C)C(=O)OCCC1CCC(C)C1. The van der Waals surface area contributed by atoms with Crippen LogP contribution in [0.2, 0.25) is 0 Å². The number of rotatable bonds is 4. The molecule has 80 valence electrons. The molecule has 0 N–H and O–H groups in total. The van der Waals surface area contributed by atoms with Crippen molar-refractivity contribution in [2.24, 2.45) is 11.8 Å². The summed E-state index contributed by atoms with van der Waals surface area (Å²) in [5.41, 5.74) is 0.491. The molecule has 1 rings (SSSR count). The third-order valence-corrected chi connectivity index (χ3v) is 2.91. The van der Waals surface area contributed by atoms with Gasteiger partial charge < -0.3 is 4.74 Å². The van der Waals surface area contributed by atoms with E-state index in [0.29, 0.717) is 12.2 Å². The van der Waals surface area contributed by atoms with Crippen molar-refractivity contribution in [3.05, 3.63) is 12.2 Å². The van der Waals surface area contributed by atoms with Crippen LogP contribution in [0.25, 0.3) is 0 Å². The van der Waals surface area contributed by atoms with Crippen molar-refractivity contribution in [1.82, 2.24) is 0 Å². The van der Waals surface area contributed by atoms with E-state index in [4.69, 9.17) is 4.74 Å². The summed E-state index contributed by atoms with van der Waals surface area (Å²) in [6, 6.07) is 0. The Kier molecular flexibility index (Phi) is 4.18. The lowest BCUT2D eigenvalue weighted by molar-refractivity contribution is -0.139. The van der Waals surface area contributed by atoms with E-state index in [1.54, 1.807) is 6.92 Å². The number of hydrogen-bond donors (Lipinski definition) is 0. The molecule has 0 aliphatic heterocycles. The van der Waals surface area contributed by atoms with Gasteiger partial charge in [0, 0.05) is 5.57 Å². The summed E-state index contributed by atoms with van der Waals surface area (Å²) < 4.78 is 5.06. The molecule has 1 aliphatic rings. The Labute approximate surface area is 86.3 Å². The molecule has 0 spiro atoms. The van der Waals surface area contributed by atoms with Crippen molar-refractivity contribution >= 4 is 5.97 Å². The fourth-order valence-electron chi connectivity index (χ4n) is 2.03. The Hall–Kier alpha value is -0.790. The highest BCUT2D eigenvalue weighted by atomic mass is 16.5. The molecule has 14 heavy (non-hydrogen) atoms. The van der Waals surface area contributed by atoms with E-state index in [1.165, 1.54) is 19.3 Å². The summed E-state index contributed by atoms with van der Waals surface area (Å²) in [7, 11) is 0. The molecule has 2 unspecified atom stereocenters. The second kappa shape index (κ2) is 5.18. The molecule has 2 atom stereocenters. The van der Waals surface area contributed by atoms with Gasteiger partial charge in [0.05, 0.1) is 6.61 Å². The molecule has 0 aromatic carbocycles. The zero-order valence-electron chi connectivity index (χ0n) is 9.21. The van der Waals surface area contributed by atoms with E-state index in [0.717, 1.165) is 18.3 Å². The smallest absolute Gasteiger partial charge is 0.333 e. The van der Waals surface area contributed by atoms with Gasteiger partial charge in [0.25, 0.3) is 0 Å². The molecule has 1 fully saturated rings. The lowest BCUT2D eigenvalue weighted by Crippen LogP contribution is -2.09. The summed E-state index contributed by atoms with van der Waals surface area (Å²) in [6.45, 7) is 8.07. The first-order chi connectivity index (χ1) is 6.59. The van der Waals surface area contributed by atoms with Gasteiger partial charge >= 0.3 is 5.97 Å². The van der Waals surface area contributed by atoms with Gasteiger partial charge in [-0.3, -0.25) is 0 Å². The monoisotopic (exact) mass is 196 g/mol. The fourth-order valence-corrected chi connectivity index (χ4v) is 2.03. The van der Waals surface area contributed by atoms with Crippen LogP contribution in [0, 0.1) is 11.8 Å². The van der Waals surface area contributed by atoms with Gasteiger partial charge in [0.2, 0.25) is 0 Å². The molecule has 0 aromatic heterocycles. The summed E-state index contributed by atoms with van der Waals surface area (Å²) in [4.78, 5) is 11.1. The van der Waals surface area contributed by atoms with Crippen LogP contribution >= 0.6 is 0 Å². The van der Waals surface area contributed by atoms with Gasteiger partial charge in [-0.1, -0.05) is 26.3 Å². The minimum Gasteiger partial charge on any atom is -0.462 e. The summed E-state index contributed by atoms with van der Waals surface area (Å²) in [5.74, 6) is 1.37. The first-order valence-corrected chi connectivity index (χ1v) is 5.42. The molecule has 2 heteroatoms. The standard InChI is InChI=1S/C12H20O2/c1-9(2)12(13)14-7-6-11-5-4-10(3)8-11/h10-11H,1,4-8H2,2-3H3. The highest BCUT2D eigenvalue weighted by molar-refractivity contribution is 5.86. The molecule has 0 heterocycles. The molecule has 0 saturated heterocycles. The van der Waals surface area contributed by atoms with Crippen molar-refractivity contribution in [1.29, 1.82) is 0 Å². The first kappa shape index (κ1) is 11.3. The molecule has 1 saturated carbocycles. The second-order valence-corrected chi connectivity index (χ2v) is 4.49. The third kappa shape index (κ3) is 3.52. The van der Waals surface area contributed by atoms with E-state index in [2.05, 4.69) is 13.5 Å². The van der Waals surface area contributed by atoms with Gasteiger partial charge in [-0.05, 0) is 31.6 Å². The van der Waals surface area contributed by atoms with Crippen LogP contribution in [0.5, 0.6) is 0 Å². The van der Waals surface area contributed by atoms with Crippen LogP contribution in [0.3, 0.4) is 0 Å². The highest BCUT2D eigenvalue weighted by Gasteiger charge is 2.21. The Morgan fingerprint density at radius 3 is 2.71 bits per heavy atom. The van der Waals surface area contributed by atoms with Crippen LogP contribution in [0.4, 0.5) is 0 Å². The quantitative estimate of drug-likeness (QED) is 0.510. The van der Waals surface area contributed by atoms with Gasteiger partial charge in [-0.15, -0.1) is 0 Å². The van der Waals surface area contributed by atoms with Gasteiger partial charge in [-0.2, -0.15) is 0 Å². The lowest BCUT2D eigenvalue weighted by Gasteiger charge is -2.09. The van der Waals surface area contributed by atoms with Crippen molar-refractivity contribution < 1.29 is 9.53 Å². The van der Waals surface area contributed by atoms with Crippen molar-refractivity contribution in [3.8, 4) is 0 Å². The molecule has 0 aromatic rings. The number of carbonyl (C=O) groups is 1. The van der Waals surface area contributed by atoms with Crippen LogP contribution in [0.15, 0.2) is 12.2 Å². The zero-order chi connectivity index (χ0) is 10.6. The predicted octanol–water partition coefficient (Wildman–Crippen LogP) is 2.93. The Morgan fingerprint density at radius 2 is 2.21 bits per heavy atom. The zero-order valence-corrected chi connectivity index (χ0v) is 9.21. The van der Waals surface area contributed by atoms with Crippen LogP contribution < -0.4 is 0 Å². The van der Waals surface area contributed by atoms with Gasteiger partial charge in [0.1, 0.15) is 0 Å². The van der Waals surface area contributed by atoms with Crippen molar-refractivity contribution in [2.75, 3.05) is 6.61 Å². The Balaban J connectivity index is 2.10. The minimum absolute atomic E-state index is 0.254. The summed E-state index contributed by atoms with van der Waals surface area (Å²) in [6.07, 6.45) is 4.94. The molecule has 0 amide bonds. The lowest BCUT2D eigenvalue weighted by atomic mass is 10.0. The minimum atomic E-state index is -0.254. The van der Waals surface area contributed by atoms with Crippen LogP contribution in [0.1, 0.15) is 39.5 Å². The summed E-state index contributed by atoms with van der Waals surface area (Å²) in [5, 5.41) is 0. The number of carbonyl (C=O) groups excluding carboxylic acids is 1. The Bertz CT molecular complexity index is 220. The van der Waals surface area contributed by atoms with Crippen molar-refractivity contribution in [2.45, 2.75) is 39.5 Å². The number of esters is 1. The van der Waals surface area contributed by atoms with E-state index < -0.39 is 0 Å². The topological polar surface area (TPSA) is 26.3 Å². The van der Waals surface area contributed by atoms with E-state index in [1.807, 2.05) is 0 Å². The molecule has 1 aliphatic carbocycles. The Morgan fingerprint density at radius 1 is 1.50 bits per heavy atom. The average molecular weight is 196 g/mol. The van der Waals surface area contributed by atoms with Crippen LogP contribution in [-0.2, 0) is 9.53 Å². The molecule has 2 nitrogen and oxygen atoms in total. The highest BCUT2D eigenvalue weighted by Crippen LogP contribution is 2.32. The van der Waals surface area contributed by atoms with E-state index >= 15 is 0 Å². The maximum Gasteiger partial charge on any atom is 0.333 e. The van der Waals surface area contributed by atoms with Crippen LogP contribution in [-0.4, -0.2) is 12.6 Å². The maximum absolute atomic E-state index is 11.1. The molecular formula is C12H20O2. The fraction of sp³-hybridized carbons (Fsp3) is 0.750. The summed E-state index contributed by atoms with van der Waals surface area (Å²) >= 11 is 0. The second-order valence-electron chi connectivity index (χ2n) is 4.49. The molecular weight excluding hydrogens is 176 g/mol. The first-order valence-electron chi connectivity index (χ1n) is 5.42. The van der Waals surface area contributed by atoms with Gasteiger partial charge in [-0.25, -0.2) is 4.79 Å².